The SMILES string of the molecule is CC1=CC(c2ccco2)N(CCOc2ccc3ccccc3c2)N1OC=O. The zero-order valence-corrected chi connectivity index (χ0v) is 14.9. The second-order valence-electron chi connectivity index (χ2n) is 6.26. The van der Waals surface area contributed by atoms with Crippen molar-refractivity contribution in [2.24, 2.45) is 0 Å². The van der Waals surface area contributed by atoms with Gasteiger partial charge in [0, 0.05) is 0 Å². The zero-order chi connectivity index (χ0) is 18.6. The fraction of sp³-hybridized carbons (Fsp3) is 0.190. The quantitative estimate of drug-likeness (QED) is 0.589. The number of allylic oxidation sites excluding steroid dienone is 1. The number of furan rings is 1. The Bertz CT molecular complexity index is 952. The van der Waals surface area contributed by atoms with E-state index in [9.17, 15) is 4.79 Å². The maximum atomic E-state index is 10.9. The van der Waals surface area contributed by atoms with E-state index in [1.807, 2.05) is 60.5 Å². The van der Waals surface area contributed by atoms with E-state index in [1.54, 1.807) is 6.26 Å². The molecule has 4 rings (SSSR count). The summed E-state index contributed by atoms with van der Waals surface area (Å²) in [7, 11) is 0. The summed E-state index contributed by atoms with van der Waals surface area (Å²) in [4.78, 5) is 16.0. The molecule has 138 valence electrons. The average molecular weight is 364 g/mol. The first kappa shape index (κ1) is 17.2. The summed E-state index contributed by atoms with van der Waals surface area (Å²) in [5.74, 6) is 1.58. The molecule has 0 fully saturated rings. The molecule has 6 heteroatoms. The molecule has 0 saturated heterocycles. The van der Waals surface area contributed by atoms with Crippen molar-refractivity contribution in [2.45, 2.75) is 13.0 Å². The molecule has 3 aromatic rings. The van der Waals surface area contributed by atoms with Gasteiger partial charge in [0.25, 0.3) is 0 Å². The van der Waals surface area contributed by atoms with Gasteiger partial charge in [-0.15, -0.1) is 5.17 Å². The largest absolute Gasteiger partial charge is 0.492 e. The average Bonchev–Trinajstić information content (AvgIpc) is 3.32. The molecule has 0 bridgehead atoms. The maximum absolute atomic E-state index is 10.9. The van der Waals surface area contributed by atoms with E-state index in [1.165, 1.54) is 10.6 Å². The van der Waals surface area contributed by atoms with Gasteiger partial charge in [0.05, 0.1) is 18.5 Å². The topological polar surface area (TPSA) is 55.1 Å². The van der Waals surface area contributed by atoms with Gasteiger partial charge < -0.3 is 14.0 Å². The van der Waals surface area contributed by atoms with E-state index in [4.69, 9.17) is 14.0 Å². The third kappa shape index (κ3) is 3.52. The van der Waals surface area contributed by atoms with Crippen LogP contribution in [-0.4, -0.2) is 29.8 Å². The summed E-state index contributed by atoms with van der Waals surface area (Å²) >= 11 is 0. The van der Waals surface area contributed by atoms with Crippen LogP contribution in [0.4, 0.5) is 0 Å². The van der Waals surface area contributed by atoms with Crippen LogP contribution in [0.25, 0.3) is 10.8 Å². The van der Waals surface area contributed by atoms with Gasteiger partial charge in [-0.1, -0.05) is 30.3 Å². The lowest BCUT2D eigenvalue weighted by molar-refractivity contribution is -0.237. The van der Waals surface area contributed by atoms with E-state index in [-0.39, 0.29) is 6.04 Å². The molecule has 0 radical (unpaired) electrons. The molecule has 0 amide bonds. The predicted octanol–water partition coefficient (Wildman–Crippen LogP) is 4.08. The van der Waals surface area contributed by atoms with E-state index in [2.05, 4.69) is 12.1 Å². The van der Waals surface area contributed by atoms with Crippen molar-refractivity contribution in [1.29, 1.82) is 0 Å². The molecule has 0 saturated carbocycles. The number of hydroxylamine groups is 1. The molecule has 1 unspecified atom stereocenters. The first-order valence-corrected chi connectivity index (χ1v) is 8.77. The minimum absolute atomic E-state index is 0.153. The molecule has 1 aromatic heterocycles. The minimum Gasteiger partial charge on any atom is -0.492 e. The minimum atomic E-state index is -0.153. The van der Waals surface area contributed by atoms with E-state index in [0.717, 1.165) is 22.6 Å². The summed E-state index contributed by atoms with van der Waals surface area (Å²) in [5.41, 5.74) is 0.814. The van der Waals surface area contributed by atoms with E-state index in [0.29, 0.717) is 19.6 Å². The van der Waals surface area contributed by atoms with Gasteiger partial charge in [-0.05, 0) is 48.0 Å². The molecule has 0 aliphatic carbocycles. The summed E-state index contributed by atoms with van der Waals surface area (Å²) < 4.78 is 11.5. The fourth-order valence-electron chi connectivity index (χ4n) is 3.31. The van der Waals surface area contributed by atoms with Gasteiger partial charge in [-0.25, -0.2) is 0 Å². The molecule has 2 heterocycles. The van der Waals surface area contributed by atoms with Crippen LogP contribution in [0, 0.1) is 0 Å². The van der Waals surface area contributed by atoms with Crippen LogP contribution in [0.1, 0.15) is 18.7 Å². The van der Waals surface area contributed by atoms with Crippen molar-refractivity contribution in [3.8, 4) is 5.75 Å². The van der Waals surface area contributed by atoms with Crippen molar-refractivity contribution in [3.63, 3.8) is 0 Å². The second kappa shape index (κ2) is 7.55. The Morgan fingerprint density at radius 3 is 2.74 bits per heavy atom. The van der Waals surface area contributed by atoms with Crippen LogP contribution in [0.5, 0.6) is 5.75 Å². The number of rotatable bonds is 7. The Balaban J connectivity index is 1.46. The normalized spacial score (nSPS) is 17.1. The first-order chi connectivity index (χ1) is 13.3. The van der Waals surface area contributed by atoms with Gasteiger partial charge in [0.2, 0.25) is 0 Å². The number of carbonyl (C=O) groups excluding carboxylic acids is 1. The van der Waals surface area contributed by atoms with Crippen molar-refractivity contribution >= 4 is 17.2 Å². The van der Waals surface area contributed by atoms with Gasteiger partial charge in [-0.2, -0.15) is 5.01 Å². The highest BCUT2D eigenvalue weighted by molar-refractivity contribution is 5.83. The number of hydrogen-bond acceptors (Lipinski definition) is 6. The molecular formula is C21H20N2O4. The molecule has 1 atom stereocenters. The smallest absolute Gasteiger partial charge is 0.322 e. The highest BCUT2D eigenvalue weighted by Crippen LogP contribution is 2.33. The molecule has 0 spiro atoms. The standard InChI is InChI=1S/C21H20N2O4/c1-16-13-20(21-7-4-11-26-21)22(23(16)27-15-24)10-12-25-19-9-8-17-5-2-3-6-18(17)14-19/h2-9,11,13-15,20H,10,12H2,1H3. The Hall–Kier alpha value is -3.25. The summed E-state index contributed by atoms with van der Waals surface area (Å²) in [6, 6.07) is 17.8. The van der Waals surface area contributed by atoms with Crippen LogP contribution in [0.15, 0.2) is 77.1 Å². The second-order valence-corrected chi connectivity index (χ2v) is 6.26. The number of carbonyl (C=O) groups is 1. The molecule has 1 aliphatic rings. The van der Waals surface area contributed by atoms with Crippen molar-refractivity contribution in [3.05, 3.63) is 78.4 Å². The van der Waals surface area contributed by atoms with Crippen molar-refractivity contribution < 1.29 is 18.8 Å². The third-order valence-electron chi connectivity index (χ3n) is 4.54. The number of hydrogen-bond donors (Lipinski definition) is 0. The van der Waals surface area contributed by atoms with Crippen LogP contribution in [0.2, 0.25) is 0 Å². The number of benzene rings is 2. The maximum Gasteiger partial charge on any atom is 0.322 e. The van der Waals surface area contributed by atoms with Crippen LogP contribution in [-0.2, 0) is 9.63 Å². The van der Waals surface area contributed by atoms with Crippen LogP contribution < -0.4 is 4.74 Å². The molecule has 2 aromatic carbocycles. The van der Waals surface area contributed by atoms with Gasteiger partial charge in [-0.3, -0.25) is 4.79 Å². The lowest BCUT2D eigenvalue weighted by Crippen LogP contribution is -2.40. The Labute approximate surface area is 157 Å². The molecule has 27 heavy (non-hydrogen) atoms. The lowest BCUT2D eigenvalue weighted by Gasteiger charge is -2.31. The van der Waals surface area contributed by atoms with Gasteiger partial charge in [0.15, 0.2) is 0 Å². The summed E-state index contributed by atoms with van der Waals surface area (Å²) in [6.45, 7) is 3.23. The van der Waals surface area contributed by atoms with Crippen LogP contribution >= 0.6 is 0 Å². The predicted molar refractivity (Wildman–Crippen MR) is 100 cm³/mol. The molecule has 0 N–H and O–H groups in total. The van der Waals surface area contributed by atoms with Crippen molar-refractivity contribution in [1.82, 2.24) is 10.2 Å². The highest BCUT2D eigenvalue weighted by Gasteiger charge is 2.34. The molecule has 1 aliphatic heterocycles. The number of ether oxygens (including phenoxy) is 1. The lowest BCUT2D eigenvalue weighted by atomic mass is 10.1. The Morgan fingerprint density at radius 2 is 1.96 bits per heavy atom. The Morgan fingerprint density at radius 1 is 1.11 bits per heavy atom. The van der Waals surface area contributed by atoms with E-state index >= 15 is 0 Å². The van der Waals surface area contributed by atoms with Crippen LogP contribution in [0.3, 0.4) is 0 Å². The number of fused-ring (bicyclic) bond motifs is 1. The van der Waals surface area contributed by atoms with Crippen molar-refractivity contribution in [2.75, 3.05) is 13.2 Å². The zero-order valence-electron chi connectivity index (χ0n) is 14.9. The van der Waals surface area contributed by atoms with Gasteiger partial charge >= 0.3 is 6.47 Å². The fourth-order valence-corrected chi connectivity index (χ4v) is 3.31. The summed E-state index contributed by atoms with van der Waals surface area (Å²) in [6.07, 6.45) is 3.61. The highest BCUT2D eigenvalue weighted by atomic mass is 16.7. The van der Waals surface area contributed by atoms with E-state index < -0.39 is 0 Å². The molecular weight excluding hydrogens is 344 g/mol. The third-order valence-corrected chi connectivity index (χ3v) is 4.54. The summed E-state index contributed by atoms with van der Waals surface area (Å²) in [5, 5.41) is 5.67. The number of nitrogens with zero attached hydrogens (tertiary/aromatic N) is 2. The van der Waals surface area contributed by atoms with Gasteiger partial charge in [0.1, 0.15) is 24.2 Å². The molecule has 6 nitrogen and oxygen atoms in total. The monoisotopic (exact) mass is 364 g/mol. The Kier molecular flexibility index (Phi) is 4.80. The number of hydrazine groups is 1. The first-order valence-electron chi connectivity index (χ1n) is 8.77.